The van der Waals surface area contributed by atoms with E-state index < -0.39 is 11.5 Å². The van der Waals surface area contributed by atoms with Crippen LogP contribution in [0.25, 0.3) is 0 Å². The standard InChI is InChI=1S/C16H34N2O2/c1-8-9-17-16(7,15(19)20)10-14(6)18(13(4)5)11-12(2)3/h12-14,17H,8-11H2,1-7H3,(H,19,20). The number of nitrogens with one attached hydrogen (secondary N) is 1. The van der Waals surface area contributed by atoms with Gasteiger partial charge in [0.2, 0.25) is 0 Å². The van der Waals surface area contributed by atoms with E-state index in [4.69, 9.17) is 0 Å². The summed E-state index contributed by atoms with van der Waals surface area (Å²) in [6.45, 7) is 16.5. The molecule has 0 spiro atoms. The predicted molar refractivity (Wildman–Crippen MR) is 85.1 cm³/mol. The van der Waals surface area contributed by atoms with Crippen LogP contribution in [0.4, 0.5) is 0 Å². The van der Waals surface area contributed by atoms with Crippen LogP contribution in [0.3, 0.4) is 0 Å². The molecule has 2 N–H and O–H groups in total. The Balaban J connectivity index is 4.86. The molecular formula is C16H34N2O2. The van der Waals surface area contributed by atoms with Crippen LogP contribution in [0.15, 0.2) is 0 Å². The second-order valence-corrected chi connectivity index (χ2v) is 6.80. The molecule has 0 aliphatic carbocycles. The molecule has 0 heterocycles. The average molecular weight is 286 g/mol. The van der Waals surface area contributed by atoms with Crippen LogP contribution in [0, 0.1) is 5.92 Å². The van der Waals surface area contributed by atoms with Crippen molar-refractivity contribution in [2.24, 2.45) is 5.92 Å². The quantitative estimate of drug-likeness (QED) is 0.648. The lowest BCUT2D eigenvalue weighted by Crippen LogP contribution is -2.54. The first-order chi connectivity index (χ1) is 9.14. The van der Waals surface area contributed by atoms with E-state index in [1.54, 1.807) is 6.92 Å². The summed E-state index contributed by atoms with van der Waals surface area (Å²) in [4.78, 5) is 14.0. The Labute approximate surface area is 124 Å². The van der Waals surface area contributed by atoms with E-state index in [1.165, 1.54) is 0 Å². The minimum atomic E-state index is -0.848. The maximum absolute atomic E-state index is 11.6. The second-order valence-electron chi connectivity index (χ2n) is 6.80. The first-order valence-electron chi connectivity index (χ1n) is 7.88. The molecule has 0 saturated carbocycles. The van der Waals surface area contributed by atoms with E-state index in [2.05, 4.69) is 51.8 Å². The molecule has 0 amide bonds. The zero-order valence-electron chi connectivity index (χ0n) is 14.4. The average Bonchev–Trinajstić information content (AvgIpc) is 2.32. The van der Waals surface area contributed by atoms with Crippen molar-refractivity contribution in [2.45, 2.75) is 78.9 Å². The Kier molecular flexibility index (Phi) is 8.36. The predicted octanol–water partition coefficient (Wildman–Crippen LogP) is 2.97. The maximum atomic E-state index is 11.6. The molecule has 0 aliphatic heterocycles. The van der Waals surface area contributed by atoms with Gasteiger partial charge in [-0.1, -0.05) is 20.8 Å². The highest BCUT2D eigenvalue weighted by Gasteiger charge is 2.35. The first kappa shape index (κ1) is 19.4. The van der Waals surface area contributed by atoms with E-state index in [-0.39, 0.29) is 6.04 Å². The lowest BCUT2D eigenvalue weighted by Gasteiger charge is -2.38. The summed E-state index contributed by atoms with van der Waals surface area (Å²) in [5.41, 5.74) is -0.848. The maximum Gasteiger partial charge on any atom is 0.323 e. The number of hydrogen-bond acceptors (Lipinski definition) is 3. The van der Waals surface area contributed by atoms with Crippen molar-refractivity contribution in [1.82, 2.24) is 10.2 Å². The van der Waals surface area contributed by atoms with Crippen molar-refractivity contribution in [3.05, 3.63) is 0 Å². The van der Waals surface area contributed by atoms with Crippen molar-refractivity contribution in [3.8, 4) is 0 Å². The summed E-state index contributed by atoms with van der Waals surface area (Å²) in [6.07, 6.45) is 1.56. The molecule has 2 atom stereocenters. The molecule has 0 aliphatic rings. The van der Waals surface area contributed by atoms with Crippen molar-refractivity contribution in [3.63, 3.8) is 0 Å². The molecule has 120 valence electrons. The number of nitrogens with zero attached hydrogens (tertiary/aromatic N) is 1. The van der Waals surface area contributed by atoms with Gasteiger partial charge in [0, 0.05) is 18.6 Å². The molecule has 0 aromatic rings. The molecular weight excluding hydrogens is 252 g/mol. The molecule has 0 aromatic carbocycles. The van der Waals surface area contributed by atoms with Gasteiger partial charge in [-0.2, -0.15) is 0 Å². The fourth-order valence-electron chi connectivity index (χ4n) is 2.67. The summed E-state index contributed by atoms with van der Waals surface area (Å²) in [5, 5.41) is 12.7. The molecule has 20 heavy (non-hydrogen) atoms. The van der Waals surface area contributed by atoms with Gasteiger partial charge in [0.15, 0.2) is 0 Å². The smallest absolute Gasteiger partial charge is 0.323 e. The van der Waals surface area contributed by atoms with Gasteiger partial charge in [0.25, 0.3) is 0 Å². The molecule has 2 unspecified atom stereocenters. The molecule has 0 radical (unpaired) electrons. The van der Waals surface area contributed by atoms with E-state index in [1.807, 2.05) is 0 Å². The van der Waals surface area contributed by atoms with E-state index in [0.29, 0.717) is 18.4 Å². The van der Waals surface area contributed by atoms with Crippen molar-refractivity contribution >= 4 is 5.97 Å². The van der Waals surface area contributed by atoms with Gasteiger partial charge in [0.1, 0.15) is 5.54 Å². The lowest BCUT2D eigenvalue weighted by molar-refractivity contribution is -0.145. The SMILES string of the molecule is CCCNC(C)(CC(C)N(CC(C)C)C(C)C)C(=O)O. The highest BCUT2D eigenvalue weighted by molar-refractivity contribution is 5.78. The van der Waals surface area contributed by atoms with E-state index >= 15 is 0 Å². The number of hydrogen-bond donors (Lipinski definition) is 2. The van der Waals surface area contributed by atoms with Crippen molar-refractivity contribution in [2.75, 3.05) is 13.1 Å². The zero-order chi connectivity index (χ0) is 15.9. The summed E-state index contributed by atoms with van der Waals surface area (Å²) in [6, 6.07) is 0.666. The van der Waals surface area contributed by atoms with Gasteiger partial charge in [-0.05, 0) is 53.0 Å². The molecule has 0 bridgehead atoms. The van der Waals surface area contributed by atoms with Gasteiger partial charge in [-0.3, -0.25) is 9.69 Å². The van der Waals surface area contributed by atoms with Gasteiger partial charge in [0.05, 0.1) is 0 Å². The van der Waals surface area contributed by atoms with Gasteiger partial charge < -0.3 is 10.4 Å². The Morgan fingerprint density at radius 2 is 1.80 bits per heavy atom. The largest absolute Gasteiger partial charge is 0.480 e. The topological polar surface area (TPSA) is 52.6 Å². The summed E-state index contributed by atoms with van der Waals surface area (Å²) < 4.78 is 0. The van der Waals surface area contributed by atoms with Crippen LogP contribution >= 0.6 is 0 Å². The van der Waals surface area contributed by atoms with Crippen molar-refractivity contribution < 1.29 is 9.90 Å². The van der Waals surface area contributed by atoms with Crippen LogP contribution in [-0.4, -0.2) is 46.7 Å². The number of carboxylic acid groups (broad SMARTS) is 1. The van der Waals surface area contributed by atoms with Crippen LogP contribution < -0.4 is 5.32 Å². The van der Waals surface area contributed by atoms with Gasteiger partial charge in [-0.15, -0.1) is 0 Å². The molecule has 0 saturated heterocycles. The fraction of sp³-hybridized carbons (Fsp3) is 0.938. The zero-order valence-corrected chi connectivity index (χ0v) is 14.4. The Morgan fingerprint density at radius 1 is 1.25 bits per heavy atom. The minimum absolute atomic E-state index is 0.239. The number of aliphatic carboxylic acids is 1. The van der Waals surface area contributed by atoms with E-state index in [9.17, 15) is 9.90 Å². The summed E-state index contributed by atoms with van der Waals surface area (Å²) >= 11 is 0. The lowest BCUT2D eigenvalue weighted by atomic mass is 9.91. The Bertz CT molecular complexity index is 292. The fourth-order valence-corrected chi connectivity index (χ4v) is 2.67. The third-order valence-corrected chi connectivity index (χ3v) is 3.75. The monoisotopic (exact) mass is 286 g/mol. The van der Waals surface area contributed by atoms with Crippen LogP contribution in [0.1, 0.15) is 61.3 Å². The molecule has 0 rings (SSSR count). The normalized spacial score (nSPS) is 16.7. The molecule has 0 fully saturated rings. The minimum Gasteiger partial charge on any atom is -0.480 e. The third kappa shape index (κ3) is 6.23. The summed E-state index contributed by atoms with van der Waals surface area (Å²) in [5.74, 6) is -0.175. The molecule has 0 aromatic heterocycles. The van der Waals surface area contributed by atoms with Gasteiger partial charge in [-0.25, -0.2) is 0 Å². The van der Waals surface area contributed by atoms with E-state index in [0.717, 1.165) is 19.5 Å². The number of rotatable bonds is 10. The van der Waals surface area contributed by atoms with Crippen LogP contribution in [-0.2, 0) is 4.79 Å². The molecule has 4 nitrogen and oxygen atoms in total. The number of carboxylic acids is 1. The first-order valence-corrected chi connectivity index (χ1v) is 7.88. The highest BCUT2D eigenvalue weighted by atomic mass is 16.4. The summed E-state index contributed by atoms with van der Waals surface area (Å²) in [7, 11) is 0. The molecule has 4 heteroatoms. The Morgan fingerprint density at radius 3 is 2.15 bits per heavy atom. The van der Waals surface area contributed by atoms with Gasteiger partial charge >= 0.3 is 5.97 Å². The third-order valence-electron chi connectivity index (χ3n) is 3.75. The van der Waals surface area contributed by atoms with Crippen LogP contribution in [0.2, 0.25) is 0 Å². The van der Waals surface area contributed by atoms with Crippen LogP contribution in [0.5, 0.6) is 0 Å². The number of carbonyl (C=O) groups is 1. The Hall–Kier alpha value is -0.610. The highest BCUT2D eigenvalue weighted by Crippen LogP contribution is 2.20. The van der Waals surface area contributed by atoms with Crippen molar-refractivity contribution in [1.29, 1.82) is 0 Å². The second kappa shape index (κ2) is 8.63.